The number of nitrogens with one attached hydrogen (secondary N) is 1. The van der Waals surface area contributed by atoms with E-state index < -0.39 is 0 Å². The zero-order chi connectivity index (χ0) is 19.4. The van der Waals surface area contributed by atoms with Crippen molar-refractivity contribution in [3.05, 3.63) is 46.8 Å². The number of hydrogen-bond donors (Lipinski definition) is 2. The Kier molecular flexibility index (Phi) is 6.35. The van der Waals surface area contributed by atoms with E-state index in [4.69, 9.17) is 0 Å². The van der Waals surface area contributed by atoms with Crippen LogP contribution in [-0.4, -0.2) is 22.0 Å². The number of aromatic hydroxyl groups is 1. The van der Waals surface area contributed by atoms with E-state index in [0.29, 0.717) is 17.4 Å². The molecule has 1 amide bonds. The minimum atomic E-state index is -0.250. The minimum Gasteiger partial charge on any atom is -0.505 e. The lowest BCUT2D eigenvalue weighted by Gasteiger charge is -2.41. The van der Waals surface area contributed by atoms with Gasteiger partial charge in [0.25, 0.3) is 5.91 Å². The maximum Gasteiger partial charge on any atom is 0.273 e. The number of aromatic nitrogens is 1. The van der Waals surface area contributed by atoms with E-state index in [-0.39, 0.29) is 23.4 Å². The van der Waals surface area contributed by atoms with Crippen LogP contribution in [0.3, 0.4) is 0 Å². The number of rotatable bonds is 5. The van der Waals surface area contributed by atoms with Gasteiger partial charge in [-0.15, -0.1) is 0 Å². The third-order valence-electron chi connectivity index (χ3n) is 6.09. The quantitative estimate of drug-likeness (QED) is 0.713. The number of amides is 1. The third-order valence-corrected chi connectivity index (χ3v) is 6.09. The molecular weight excluding hydrogens is 336 g/mol. The van der Waals surface area contributed by atoms with Crippen molar-refractivity contribution in [1.29, 1.82) is 0 Å². The van der Waals surface area contributed by atoms with Crippen LogP contribution in [0.25, 0.3) is 0 Å². The van der Waals surface area contributed by atoms with Crippen LogP contribution in [0, 0.1) is 18.8 Å². The van der Waals surface area contributed by atoms with Gasteiger partial charge < -0.3 is 10.4 Å². The Labute approximate surface area is 162 Å². The molecule has 0 bridgehead atoms. The highest BCUT2D eigenvalue weighted by Gasteiger charge is 2.36. The van der Waals surface area contributed by atoms with E-state index in [9.17, 15) is 9.90 Å². The standard InChI is InChI=1S/C23H32N2O2/c1-15(2)6-4-7-17-10-11-19-18(14-17)8-5-9-20(19)25-23(27)21-22(26)16(3)12-13-24-21/h6,10,12-13,18-20,26H,4-5,7-9,11,14H2,1-3H3,(H,25,27)/t18-,19+,20?/m0/s1. The van der Waals surface area contributed by atoms with E-state index in [1.165, 1.54) is 18.4 Å². The second-order valence-electron chi connectivity index (χ2n) is 8.38. The van der Waals surface area contributed by atoms with Crippen LogP contribution in [0.5, 0.6) is 5.75 Å². The summed E-state index contributed by atoms with van der Waals surface area (Å²) in [6, 6.07) is 1.89. The molecule has 146 valence electrons. The summed E-state index contributed by atoms with van der Waals surface area (Å²) >= 11 is 0. The van der Waals surface area contributed by atoms with Gasteiger partial charge in [-0.3, -0.25) is 4.79 Å². The molecule has 0 spiro atoms. The molecule has 2 aliphatic rings. The lowest BCUT2D eigenvalue weighted by atomic mass is 9.68. The molecule has 1 fully saturated rings. The normalized spacial score (nSPS) is 24.6. The topological polar surface area (TPSA) is 62.2 Å². The summed E-state index contributed by atoms with van der Waals surface area (Å²) in [4.78, 5) is 16.8. The fraction of sp³-hybridized carbons (Fsp3) is 0.565. The summed E-state index contributed by atoms with van der Waals surface area (Å²) in [5.41, 5.74) is 3.79. The second kappa shape index (κ2) is 8.73. The number of nitrogens with zero attached hydrogens (tertiary/aromatic N) is 1. The molecule has 0 saturated heterocycles. The molecule has 3 atom stereocenters. The maximum atomic E-state index is 12.7. The predicted molar refractivity (Wildman–Crippen MR) is 109 cm³/mol. The van der Waals surface area contributed by atoms with Crippen molar-refractivity contribution in [2.45, 2.75) is 71.8 Å². The van der Waals surface area contributed by atoms with Gasteiger partial charge in [0.15, 0.2) is 5.69 Å². The summed E-state index contributed by atoms with van der Waals surface area (Å²) in [5.74, 6) is 0.907. The van der Waals surface area contributed by atoms with E-state index in [1.54, 1.807) is 24.8 Å². The minimum absolute atomic E-state index is 0.00698. The molecule has 0 aromatic carbocycles. The molecule has 2 aliphatic carbocycles. The Balaban J connectivity index is 1.64. The summed E-state index contributed by atoms with van der Waals surface area (Å²) in [5, 5.41) is 13.3. The Morgan fingerprint density at radius 2 is 2.19 bits per heavy atom. The molecule has 2 N–H and O–H groups in total. The second-order valence-corrected chi connectivity index (χ2v) is 8.38. The highest BCUT2D eigenvalue weighted by molar-refractivity contribution is 5.95. The molecular formula is C23H32N2O2. The van der Waals surface area contributed by atoms with E-state index in [1.807, 2.05) is 0 Å². The number of allylic oxidation sites excluding steroid dienone is 4. The van der Waals surface area contributed by atoms with Gasteiger partial charge in [-0.1, -0.05) is 29.7 Å². The first-order valence-electron chi connectivity index (χ1n) is 10.2. The molecule has 1 unspecified atom stereocenters. The zero-order valence-electron chi connectivity index (χ0n) is 16.8. The van der Waals surface area contributed by atoms with Gasteiger partial charge in [0.2, 0.25) is 0 Å². The first-order chi connectivity index (χ1) is 13.0. The molecule has 27 heavy (non-hydrogen) atoms. The number of aryl methyl sites for hydroxylation is 1. The van der Waals surface area contributed by atoms with Crippen LogP contribution >= 0.6 is 0 Å². The summed E-state index contributed by atoms with van der Waals surface area (Å²) in [6.45, 7) is 6.09. The van der Waals surface area contributed by atoms with Crippen LogP contribution < -0.4 is 5.32 Å². The Morgan fingerprint density at radius 1 is 1.37 bits per heavy atom. The van der Waals surface area contributed by atoms with E-state index in [0.717, 1.165) is 32.1 Å². The van der Waals surface area contributed by atoms with E-state index >= 15 is 0 Å². The van der Waals surface area contributed by atoms with Gasteiger partial charge in [0.05, 0.1) is 0 Å². The lowest BCUT2D eigenvalue weighted by Crippen LogP contribution is -2.46. The monoisotopic (exact) mass is 368 g/mol. The van der Waals surface area contributed by atoms with Gasteiger partial charge in [0.1, 0.15) is 5.75 Å². The summed E-state index contributed by atoms with van der Waals surface area (Å²) < 4.78 is 0. The molecule has 4 nitrogen and oxygen atoms in total. The first kappa shape index (κ1) is 19.7. The van der Waals surface area contributed by atoms with Gasteiger partial charge in [-0.05, 0) is 82.8 Å². The fourth-order valence-electron chi connectivity index (χ4n) is 4.57. The van der Waals surface area contributed by atoms with Crippen molar-refractivity contribution in [1.82, 2.24) is 10.3 Å². The molecule has 1 heterocycles. The first-order valence-corrected chi connectivity index (χ1v) is 10.2. The highest BCUT2D eigenvalue weighted by Crippen LogP contribution is 2.41. The molecule has 4 heteroatoms. The zero-order valence-corrected chi connectivity index (χ0v) is 16.8. The van der Waals surface area contributed by atoms with Crippen LogP contribution in [0.1, 0.15) is 74.8 Å². The molecule has 0 aliphatic heterocycles. The Morgan fingerprint density at radius 3 is 2.96 bits per heavy atom. The van der Waals surface area contributed by atoms with Crippen LogP contribution in [0.2, 0.25) is 0 Å². The highest BCUT2D eigenvalue weighted by atomic mass is 16.3. The van der Waals surface area contributed by atoms with Crippen molar-refractivity contribution in [3.63, 3.8) is 0 Å². The van der Waals surface area contributed by atoms with Crippen molar-refractivity contribution < 1.29 is 9.90 Å². The molecule has 1 aromatic rings. The average Bonchev–Trinajstić information content (AvgIpc) is 2.63. The number of hydrogen-bond acceptors (Lipinski definition) is 3. The van der Waals surface area contributed by atoms with Gasteiger partial charge >= 0.3 is 0 Å². The fourth-order valence-corrected chi connectivity index (χ4v) is 4.57. The Bertz CT molecular complexity index is 747. The molecule has 0 radical (unpaired) electrons. The van der Waals surface area contributed by atoms with Crippen LogP contribution in [0.4, 0.5) is 0 Å². The van der Waals surface area contributed by atoms with Crippen molar-refractivity contribution in [3.8, 4) is 5.75 Å². The predicted octanol–water partition coefficient (Wildman–Crippen LogP) is 5.08. The van der Waals surface area contributed by atoms with Crippen LogP contribution in [0.15, 0.2) is 35.6 Å². The van der Waals surface area contributed by atoms with Gasteiger partial charge in [-0.25, -0.2) is 4.98 Å². The third kappa shape index (κ3) is 4.79. The van der Waals surface area contributed by atoms with E-state index in [2.05, 4.69) is 36.3 Å². The number of carbonyl (C=O) groups excluding carboxylic acids is 1. The van der Waals surface area contributed by atoms with Crippen molar-refractivity contribution >= 4 is 5.91 Å². The number of fused-ring (bicyclic) bond motifs is 1. The lowest BCUT2D eigenvalue weighted by molar-refractivity contribution is 0.0861. The van der Waals surface area contributed by atoms with Crippen LogP contribution in [-0.2, 0) is 0 Å². The van der Waals surface area contributed by atoms with Gasteiger partial charge in [0, 0.05) is 12.2 Å². The van der Waals surface area contributed by atoms with Crippen molar-refractivity contribution in [2.24, 2.45) is 11.8 Å². The summed E-state index contributed by atoms with van der Waals surface area (Å²) in [7, 11) is 0. The smallest absolute Gasteiger partial charge is 0.273 e. The molecule has 1 saturated carbocycles. The number of pyridine rings is 1. The Hall–Kier alpha value is -2.10. The number of carbonyl (C=O) groups is 1. The SMILES string of the molecule is CC(C)=CCCC1=CC[C@H]2C(NC(=O)c3nccc(C)c3O)CCC[C@H]2C1. The maximum absolute atomic E-state index is 12.7. The average molecular weight is 369 g/mol. The molecule has 3 rings (SSSR count). The molecule has 1 aromatic heterocycles. The van der Waals surface area contributed by atoms with Gasteiger partial charge in [-0.2, -0.15) is 0 Å². The largest absolute Gasteiger partial charge is 0.505 e. The summed E-state index contributed by atoms with van der Waals surface area (Å²) in [6.07, 6.45) is 14.2. The van der Waals surface area contributed by atoms with Crippen molar-refractivity contribution in [2.75, 3.05) is 0 Å².